The van der Waals surface area contributed by atoms with E-state index in [-0.39, 0.29) is 5.25 Å². The van der Waals surface area contributed by atoms with E-state index in [1.165, 1.54) is 0 Å². The molecule has 1 N–H and O–H groups in total. The van der Waals surface area contributed by atoms with Crippen LogP contribution in [-0.2, 0) is 0 Å². The summed E-state index contributed by atoms with van der Waals surface area (Å²) in [5.41, 5.74) is -1.22. The molecule has 0 saturated carbocycles. The van der Waals surface area contributed by atoms with Gasteiger partial charge in [-0.1, -0.05) is 13.8 Å². The first kappa shape index (κ1) is 15.5. The minimum absolute atomic E-state index is 0.0773. The van der Waals surface area contributed by atoms with Crippen molar-refractivity contribution >= 4 is 29.5 Å². The molecular formula is C12H14F2N2O2S2. The lowest BCUT2D eigenvalue weighted by atomic mass is 10.2. The monoisotopic (exact) mass is 320 g/mol. The minimum atomic E-state index is -2.92. The zero-order valence-electron chi connectivity index (χ0n) is 10.9. The van der Waals surface area contributed by atoms with Gasteiger partial charge in [0.25, 0.3) is 6.43 Å². The van der Waals surface area contributed by atoms with Crippen molar-refractivity contribution < 1.29 is 18.7 Å². The quantitative estimate of drug-likeness (QED) is 0.921. The van der Waals surface area contributed by atoms with Gasteiger partial charge in [0.1, 0.15) is 17.1 Å². The summed E-state index contributed by atoms with van der Waals surface area (Å²) in [6, 6.07) is 0. The number of carboxylic acids is 1. The topological polar surface area (TPSA) is 63.1 Å². The van der Waals surface area contributed by atoms with Gasteiger partial charge in [0.05, 0.1) is 5.25 Å². The van der Waals surface area contributed by atoms with Crippen molar-refractivity contribution in [3.8, 4) is 0 Å². The predicted octanol–water partition coefficient (Wildman–Crippen LogP) is 3.41. The Morgan fingerprint density at radius 1 is 1.45 bits per heavy atom. The molecule has 4 nitrogen and oxygen atoms in total. The number of nitrogens with zero attached hydrogens (tertiary/aromatic N) is 2. The summed E-state index contributed by atoms with van der Waals surface area (Å²) in [4.78, 5) is 18.7. The van der Waals surface area contributed by atoms with Crippen LogP contribution < -0.4 is 0 Å². The number of carbonyl (C=O) groups is 1. The van der Waals surface area contributed by atoms with Gasteiger partial charge in [-0.25, -0.2) is 23.5 Å². The maximum atomic E-state index is 12.9. The number of aromatic nitrogens is 2. The summed E-state index contributed by atoms with van der Waals surface area (Å²) in [5.74, 6) is -0.397. The van der Waals surface area contributed by atoms with Crippen LogP contribution in [0.1, 0.15) is 47.4 Å². The van der Waals surface area contributed by atoms with Gasteiger partial charge in [0.15, 0.2) is 0 Å². The SMILES string of the molecule is CC1SCC(c2ncc(C(=O)O)c(C(F)F)n2)SC1C. The van der Waals surface area contributed by atoms with Crippen LogP contribution in [0.2, 0.25) is 0 Å². The van der Waals surface area contributed by atoms with Gasteiger partial charge >= 0.3 is 5.97 Å². The largest absolute Gasteiger partial charge is 0.478 e. The number of rotatable bonds is 3. The number of hydrogen-bond acceptors (Lipinski definition) is 5. The van der Waals surface area contributed by atoms with E-state index in [2.05, 4.69) is 23.8 Å². The number of thioether (sulfide) groups is 2. The van der Waals surface area contributed by atoms with Crippen LogP contribution in [-0.4, -0.2) is 37.3 Å². The Morgan fingerprint density at radius 3 is 2.70 bits per heavy atom. The standard InChI is InChI=1S/C12H14F2N2O2S2/c1-5-6(2)20-8(4-19-5)11-15-3-7(12(17)18)9(16-11)10(13)14/h3,5-6,8,10H,4H2,1-2H3,(H,17,18). The maximum absolute atomic E-state index is 12.9. The van der Waals surface area contributed by atoms with Gasteiger partial charge in [-0.05, 0) is 0 Å². The fraction of sp³-hybridized carbons (Fsp3) is 0.583. The fourth-order valence-electron chi connectivity index (χ4n) is 1.81. The molecule has 1 fully saturated rings. The molecule has 1 aliphatic heterocycles. The van der Waals surface area contributed by atoms with Gasteiger partial charge in [0.2, 0.25) is 0 Å². The van der Waals surface area contributed by atoms with Gasteiger partial charge in [-0.2, -0.15) is 11.8 Å². The van der Waals surface area contributed by atoms with E-state index >= 15 is 0 Å². The molecular weight excluding hydrogens is 306 g/mol. The highest BCUT2D eigenvalue weighted by molar-refractivity contribution is 8.07. The molecule has 0 aliphatic carbocycles. The fourth-order valence-corrected chi connectivity index (χ4v) is 4.67. The highest BCUT2D eigenvalue weighted by Crippen LogP contribution is 2.43. The lowest BCUT2D eigenvalue weighted by Gasteiger charge is -2.30. The number of alkyl halides is 2. The Hall–Kier alpha value is -0.890. The maximum Gasteiger partial charge on any atom is 0.339 e. The third-order valence-corrected chi connectivity index (χ3v) is 6.50. The number of halogens is 2. The highest BCUT2D eigenvalue weighted by Gasteiger charge is 2.30. The second kappa shape index (κ2) is 6.26. The Balaban J connectivity index is 2.29. The van der Waals surface area contributed by atoms with E-state index in [1.54, 1.807) is 23.5 Å². The van der Waals surface area contributed by atoms with Crippen LogP contribution in [0.5, 0.6) is 0 Å². The van der Waals surface area contributed by atoms with Gasteiger partial charge < -0.3 is 5.11 Å². The Labute approximate surface area is 123 Å². The molecule has 0 amide bonds. The van der Waals surface area contributed by atoms with E-state index in [0.717, 1.165) is 11.9 Å². The molecule has 1 aliphatic rings. The third-order valence-electron chi connectivity index (χ3n) is 3.11. The molecule has 110 valence electrons. The van der Waals surface area contributed by atoms with Gasteiger partial charge in [0, 0.05) is 22.4 Å². The molecule has 8 heteroatoms. The molecule has 1 aromatic heterocycles. The molecule has 1 aromatic rings. The molecule has 1 saturated heterocycles. The minimum Gasteiger partial charge on any atom is -0.478 e. The Kier molecular flexibility index (Phi) is 4.85. The summed E-state index contributed by atoms with van der Waals surface area (Å²) in [7, 11) is 0. The van der Waals surface area contributed by atoms with E-state index in [1.807, 2.05) is 0 Å². The summed E-state index contributed by atoms with van der Waals surface area (Å²) in [6.07, 6.45) is -1.93. The molecule has 0 radical (unpaired) electrons. The normalized spacial score (nSPS) is 26.8. The Morgan fingerprint density at radius 2 is 2.15 bits per heavy atom. The second-order valence-corrected chi connectivity index (χ2v) is 7.50. The van der Waals surface area contributed by atoms with E-state index in [4.69, 9.17) is 5.11 Å². The van der Waals surface area contributed by atoms with E-state index < -0.39 is 23.7 Å². The molecule has 0 spiro atoms. The predicted molar refractivity (Wildman–Crippen MR) is 75.7 cm³/mol. The van der Waals surface area contributed by atoms with Crippen molar-refractivity contribution in [2.45, 2.75) is 36.0 Å². The molecule has 0 bridgehead atoms. The second-order valence-electron chi connectivity index (χ2n) is 4.50. The molecule has 0 aromatic carbocycles. The number of hydrogen-bond donors (Lipinski definition) is 1. The van der Waals surface area contributed by atoms with E-state index in [9.17, 15) is 13.6 Å². The van der Waals surface area contributed by atoms with Gasteiger partial charge in [-0.3, -0.25) is 0 Å². The van der Waals surface area contributed by atoms with Crippen molar-refractivity contribution in [1.82, 2.24) is 9.97 Å². The third kappa shape index (κ3) is 3.22. The molecule has 3 unspecified atom stereocenters. The zero-order valence-corrected chi connectivity index (χ0v) is 12.5. The first-order valence-corrected chi connectivity index (χ1v) is 8.04. The number of carboxylic acid groups (broad SMARTS) is 1. The summed E-state index contributed by atoms with van der Waals surface area (Å²) in [5, 5.41) is 9.65. The van der Waals surface area contributed by atoms with Crippen molar-refractivity contribution in [3.05, 3.63) is 23.3 Å². The molecule has 2 rings (SSSR count). The number of aromatic carboxylic acids is 1. The summed E-state index contributed by atoms with van der Waals surface area (Å²) in [6.45, 7) is 4.20. The summed E-state index contributed by atoms with van der Waals surface area (Å²) >= 11 is 3.39. The first-order valence-electron chi connectivity index (χ1n) is 6.05. The molecule has 20 heavy (non-hydrogen) atoms. The Bertz CT molecular complexity index is 516. The highest BCUT2D eigenvalue weighted by atomic mass is 32.2. The van der Waals surface area contributed by atoms with Crippen LogP contribution in [0.3, 0.4) is 0 Å². The average Bonchev–Trinajstić information content (AvgIpc) is 2.41. The average molecular weight is 320 g/mol. The van der Waals surface area contributed by atoms with Crippen LogP contribution in [0.25, 0.3) is 0 Å². The van der Waals surface area contributed by atoms with Gasteiger partial charge in [-0.15, -0.1) is 11.8 Å². The zero-order chi connectivity index (χ0) is 14.9. The molecule has 2 heterocycles. The van der Waals surface area contributed by atoms with Crippen LogP contribution in [0.4, 0.5) is 8.78 Å². The van der Waals surface area contributed by atoms with Crippen LogP contribution in [0.15, 0.2) is 6.20 Å². The lowest BCUT2D eigenvalue weighted by molar-refractivity contribution is 0.0681. The van der Waals surface area contributed by atoms with Crippen molar-refractivity contribution in [3.63, 3.8) is 0 Å². The van der Waals surface area contributed by atoms with E-state index in [0.29, 0.717) is 16.3 Å². The lowest BCUT2D eigenvalue weighted by Crippen LogP contribution is -2.23. The molecule has 3 atom stereocenters. The van der Waals surface area contributed by atoms with Crippen LogP contribution in [0, 0.1) is 0 Å². The van der Waals surface area contributed by atoms with Crippen molar-refractivity contribution in [1.29, 1.82) is 0 Å². The van der Waals surface area contributed by atoms with Crippen LogP contribution >= 0.6 is 23.5 Å². The first-order chi connectivity index (χ1) is 9.40. The van der Waals surface area contributed by atoms with Crippen molar-refractivity contribution in [2.75, 3.05) is 5.75 Å². The van der Waals surface area contributed by atoms with Crippen molar-refractivity contribution in [2.24, 2.45) is 0 Å². The smallest absolute Gasteiger partial charge is 0.339 e. The summed E-state index contributed by atoms with van der Waals surface area (Å²) < 4.78 is 25.8.